The van der Waals surface area contributed by atoms with E-state index >= 15 is 0 Å². The highest BCUT2D eigenvalue weighted by atomic mass is 32.2. The average Bonchev–Trinajstić information content (AvgIpc) is 2.97. The van der Waals surface area contributed by atoms with E-state index in [0.29, 0.717) is 17.9 Å². The second kappa shape index (κ2) is 7.65. The number of amides is 1. The Hall–Kier alpha value is -1.80. The summed E-state index contributed by atoms with van der Waals surface area (Å²) in [5.74, 6) is 0.980. The molecule has 0 aliphatic carbocycles. The van der Waals surface area contributed by atoms with Gasteiger partial charge >= 0.3 is 0 Å². The number of carbonyl (C=O) groups is 1. The Morgan fingerprint density at radius 2 is 2.04 bits per heavy atom. The van der Waals surface area contributed by atoms with Gasteiger partial charge in [0.15, 0.2) is 11.5 Å². The number of hydrogen-bond acceptors (Lipinski definition) is 5. The van der Waals surface area contributed by atoms with Gasteiger partial charge in [-0.25, -0.2) is 13.1 Å². The van der Waals surface area contributed by atoms with Crippen LogP contribution >= 0.6 is 0 Å². The summed E-state index contributed by atoms with van der Waals surface area (Å²) in [5.41, 5.74) is 0.851. The molecule has 23 heavy (non-hydrogen) atoms. The van der Waals surface area contributed by atoms with E-state index in [-0.39, 0.29) is 25.0 Å². The van der Waals surface area contributed by atoms with Gasteiger partial charge in [0, 0.05) is 6.54 Å². The van der Waals surface area contributed by atoms with E-state index in [9.17, 15) is 13.2 Å². The van der Waals surface area contributed by atoms with Gasteiger partial charge in [-0.3, -0.25) is 4.79 Å². The minimum absolute atomic E-state index is 0.0310. The molecule has 0 saturated carbocycles. The zero-order valence-electron chi connectivity index (χ0n) is 13.3. The molecule has 0 saturated heterocycles. The lowest BCUT2D eigenvalue weighted by atomic mass is 10.2. The summed E-state index contributed by atoms with van der Waals surface area (Å²) in [4.78, 5) is 12.0. The van der Waals surface area contributed by atoms with Crippen LogP contribution in [0.15, 0.2) is 18.2 Å². The first-order chi connectivity index (χ1) is 10.9. The van der Waals surface area contributed by atoms with Crippen LogP contribution < -0.4 is 19.5 Å². The summed E-state index contributed by atoms with van der Waals surface area (Å²) in [6, 6.07) is 4.58. The van der Waals surface area contributed by atoms with Crippen molar-refractivity contribution in [3.63, 3.8) is 0 Å². The number of ether oxygens (including phenoxy) is 2. The lowest BCUT2D eigenvalue weighted by Crippen LogP contribution is -2.45. The molecule has 0 bridgehead atoms. The number of benzene rings is 1. The van der Waals surface area contributed by atoms with Crippen LogP contribution in [0.3, 0.4) is 0 Å². The summed E-state index contributed by atoms with van der Waals surface area (Å²) in [6.45, 7) is 3.92. The van der Waals surface area contributed by atoms with Crippen LogP contribution in [0.25, 0.3) is 0 Å². The summed E-state index contributed by atoms with van der Waals surface area (Å²) in [6.07, 6.45) is 1.35. The summed E-state index contributed by atoms with van der Waals surface area (Å²) >= 11 is 0. The van der Waals surface area contributed by atoms with Gasteiger partial charge in [-0.05, 0) is 31.0 Å². The van der Waals surface area contributed by atoms with E-state index in [1.54, 1.807) is 12.1 Å². The van der Waals surface area contributed by atoms with Gasteiger partial charge in [0.25, 0.3) is 0 Å². The fourth-order valence-corrected chi connectivity index (χ4v) is 3.54. The van der Waals surface area contributed by atoms with Crippen molar-refractivity contribution >= 4 is 15.9 Å². The molecule has 1 unspecified atom stereocenters. The largest absolute Gasteiger partial charge is 0.454 e. The highest BCUT2D eigenvalue weighted by Gasteiger charge is 2.20. The topological polar surface area (TPSA) is 93.7 Å². The number of sulfonamides is 1. The Balaban J connectivity index is 1.84. The Bertz CT molecular complexity index is 660. The second-order valence-corrected chi connectivity index (χ2v) is 7.29. The van der Waals surface area contributed by atoms with E-state index in [1.807, 2.05) is 13.0 Å². The van der Waals surface area contributed by atoms with Crippen molar-refractivity contribution in [1.29, 1.82) is 0 Å². The van der Waals surface area contributed by atoms with Crippen molar-refractivity contribution in [2.45, 2.75) is 39.3 Å². The number of hydrogen-bond donors (Lipinski definition) is 2. The van der Waals surface area contributed by atoms with Gasteiger partial charge in [-0.15, -0.1) is 0 Å². The number of fused-ring (bicyclic) bond motifs is 1. The predicted octanol–water partition coefficient (Wildman–Crippen LogP) is 1.14. The fourth-order valence-electron chi connectivity index (χ4n) is 2.11. The lowest BCUT2D eigenvalue weighted by molar-refractivity contribution is -0.122. The van der Waals surface area contributed by atoms with Gasteiger partial charge in [-0.2, -0.15) is 0 Å². The maximum absolute atomic E-state index is 12.0. The van der Waals surface area contributed by atoms with Crippen LogP contribution in [0.4, 0.5) is 0 Å². The molecule has 1 atom stereocenters. The number of carbonyl (C=O) groups excluding carboxylic acids is 1. The molecule has 1 aromatic carbocycles. The third kappa shape index (κ3) is 5.11. The van der Waals surface area contributed by atoms with Crippen LogP contribution in [-0.2, 0) is 21.4 Å². The Morgan fingerprint density at radius 3 is 2.78 bits per heavy atom. The van der Waals surface area contributed by atoms with E-state index in [0.717, 1.165) is 12.0 Å². The molecule has 2 rings (SSSR count). The average molecular weight is 342 g/mol. The molecule has 0 aromatic heterocycles. The molecule has 1 heterocycles. The SMILES string of the molecule is CCCCS(=O)(=O)NC(C)C(=O)NCc1ccc2c(c1)OCO2. The van der Waals surface area contributed by atoms with Crippen LogP contribution in [0, 0.1) is 0 Å². The molecule has 7 nitrogen and oxygen atoms in total. The molecular formula is C15H22N2O5S. The molecule has 8 heteroatoms. The van der Waals surface area contributed by atoms with Gasteiger partial charge in [0.2, 0.25) is 22.7 Å². The van der Waals surface area contributed by atoms with Gasteiger partial charge in [0.1, 0.15) is 0 Å². The van der Waals surface area contributed by atoms with E-state index < -0.39 is 16.1 Å². The van der Waals surface area contributed by atoms with E-state index in [1.165, 1.54) is 6.92 Å². The van der Waals surface area contributed by atoms with Crippen molar-refractivity contribution in [3.8, 4) is 11.5 Å². The first kappa shape index (κ1) is 17.6. The molecule has 0 spiro atoms. The standard InChI is InChI=1S/C15H22N2O5S/c1-3-4-7-23(19,20)17-11(2)15(18)16-9-12-5-6-13-14(8-12)22-10-21-13/h5-6,8,11,17H,3-4,7,9-10H2,1-2H3,(H,16,18). The van der Waals surface area contributed by atoms with Crippen molar-refractivity contribution in [2.75, 3.05) is 12.5 Å². The third-order valence-corrected chi connectivity index (χ3v) is 4.96. The lowest BCUT2D eigenvalue weighted by Gasteiger charge is -2.14. The quantitative estimate of drug-likeness (QED) is 0.739. The Morgan fingerprint density at radius 1 is 1.30 bits per heavy atom. The van der Waals surface area contributed by atoms with Crippen LogP contribution in [0.5, 0.6) is 11.5 Å². The first-order valence-corrected chi connectivity index (χ1v) is 9.23. The van der Waals surface area contributed by atoms with E-state index in [2.05, 4.69) is 10.0 Å². The molecule has 1 aliphatic heterocycles. The fraction of sp³-hybridized carbons (Fsp3) is 0.533. The number of nitrogens with one attached hydrogen (secondary N) is 2. The van der Waals surface area contributed by atoms with Crippen molar-refractivity contribution in [1.82, 2.24) is 10.0 Å². The van der Waals surface area contributed by atoms with Crippen molar-refractivity contribution < 1.29 is 22.7 Å². The van der Waals surface area contributed by atoms with Gasteiger partial charge in [-0.1, -0.05) is 19.4 Å². The van der Waals surface area contributed by atoms with Crippen LogP contribution in [0.1, 0.15) is 32.3 Å². The monoisotopic (exact) mass is 342 g/mol. The Kier molecular flexibility index (Phi) is 5.84. The molecule has 0 radical (unpaired) electrons. The molecule has 1 aromatic rings. The molecule has 128 valence electrons. The zero-order chi connectivity index (χ0) is 16.9. The smallest absolute Gasteiger partial charge is 0.238 e. The highest BCUT2D eigenvalue weighted by molar-refractivity contribution is 7.89. The maximum Gasteiger partial charge on any atom is 0.238 e. The molecular weight excluding hydrogens is 320 g/mol. The summed E-state index contributed by atoms with van der Waals surface area (Å²) in [5, 5.41) is 2.71. The second-order valence-electron chi connectivity index (χ2n) is 5.42. The van der Waals surface area contributed by atoms with Gasteiger partial charge in [0.05, 0.1) is 11.8 Å². The zero-order valence-corrected chi connectivity index (χ0v) is 14.1. The normalized spacial score (nSPS) is 14.5. The summed E-state index contributed by atoms with van der Waals surface area (Å²) < 4.78 is 36.4. The van der Waals surface area contributed by atoms with Crippen molar-refractivity contribution in [2.24, 2.45) is 0 Å². The molecule has 1 amide bonds. The number of unbranched alkanes of at least 4 members (excludes halogenated alkanes) is 1. The van der Waals surface area contributed by atoms with Crippen LogP contribution in [-0.4, -0.2) is 32.9 Å². The van der Waals surface area contributed by atoms with E-state index in [4.69, 9.17) is 9.47 Å². The molecule has 1 aliphatic rings. The summed E-state index contributed by atoms with van der Waals surface area (Å²) in [7, 11) is -3.43. The number of rotatable bonds is 8. The minimum atomic E-state index is -3.43. The van der Waals surface area contributed by atoms with Crippen LogP contribution in [0.2, 0.25) is 0 Å². The first-order valence-electron chi connectivity index (χ1n) is 7.57. The predicted molar refractivity (Wildman–Crippen MR) is 85.7 cm³/mol. The highest BCUT2D eigenvalue weighted by Crippen LogP contribution is 2.32. The minimum Gasteiger partial charge on any atom is -0.454 e. The van der Waals surface area contributed by atoms with Gasteiger partial charge < -0.3 is 14.8 Å². The molecule has 0 fully saturated rings. The van der Waals surface area contributed by atoms with Crippen molar-refractivity contribution in [3.05, 3.63) is 23.8 Å². The maximum atomic E-state index is 12.0. The molecule has 2 N–H and O–H groups in total. The Labute approximate surface area is 136 Å². The third-order valence-electron chi connectivity index (χ3n) is 3.42.